The van der Waals surface area contributed by atoms with Crippen molar-refractivity contribution in [1.82, 2.24) is 0 Å². The third-order valence-corrected chi connectivity index (χ3v) is 6.57. The summed E-state index contributed by atoms with van der Waals surface area (Å²) in [7, 11) is 0. The van der Waals surface area contributed by atoms with Crippen molar-refractivity contribution < 1.29 is 24.8 Å². The van der Waals surface area contributed by atoms with Crippen LogP contribution in [0, 0.1) is 0 Å². The van der Waals surface area contributed by atoms with Gasteiger partial charge in [-0.3, -0.25) is 0 Å². The molecular formula is C29H34O5. The van der Waals surface area contributed by atoms with Crippen molar-refractivity contribution >= 4 is 11.3 Å². The fourth-order valence-electron chi connectivity index (χ4n) is 4.49. The van der Waals surface area contributed by atoms with Crippen LogP contribution in [0.25, 0.3) is 11.3 Å². The lowest BCUT2D eigenvalue weighted by Gasteiger charge is -2.41. The third-order valence-electron chi connectivity index (χ3n) is 6.57. The van der Waals surface area contributed by atoms with Crippen LogP contribution < -0.4 is 4.74 Å². The van der Waals surface area contributed by atoms with Gasteiger partial charge in [-0.25, -0.2) is 0 Å². The molecule has 4 rings (SSSR count). The molecule has 180 valence electrons. The first-order valence-corrected chi connectivity index (χ1v) is 11.8. The van der Waals surface area contributed by atoms with Crippen molar-refractivity contribution in [3.05, 3.63) is 70.3 Å². The van der Waals surface area contributed by atoms with E-state index in [1.807, 2.05) is 26.8 Å². The van der Waals surface area contributed by atoms with Crippen LogP contribution in [0.2, 0.25) is 0 Å². The highest BCUT2D eigenvalue weighted by Gasteiger charge is 2.43. The Kier molecular flexibility index (Phi) is 6.50. The van der Waals surface area contributed by atoms with Crippen LogP contribution in [-0.4, -0.2) is 27.0 Å². The van der Waals surface area contributed by atoms with E-state index in [1.165, 1.54) is 5.57 Å². The highest BCUT2D eigenvalue weighted by atomic mass is 16.5. The first-order valence-electron chi connectivity index (χ1n) is 11.8. The molecule has 3 N–H and O–H groups in total. The van der Waals surface area contributed by atoms with Gasteiger partial charge in [-0.1, -0.05) is 23.3 Å². The molecular weight excluding hydrogens is 428 g/mol. The van der Waals surface area contributed by atoms with Gasteiger partial charge in [0, 0.05) is 29.7 Å². The van der Waals surface area contributed by atoms with E-state index >= 15 is 0 Å². The lowest BCUT2D eigenvalue weighted by molar-refractivity contribution is -0.0692. The normalized spacial score (nSPS) is 20.7. The molecule has 0 saturated heterocycles. The highest BCUT2D eigenvalue weighted by Crippen LogP contribution is 2.51. The van der Waals surface area contributed by atoms with Crippen molar-refractivity contribution in [2.45, 2.75) is 72.0 Å². The molecule has 0 aromatic heterocycles. The summed E-state index contributed by atoms with van der Waals surface area (Å²) in [6.07, 6.45) is 5.95. The van der Waals surface area contributed by atoms with E-state index in [9.17, 15) is 15.3 Å². The lowest BCUT2D eigenvalue weighted by atomic mass is 9.82. The van der Waals surface area contributed by atoms with Crippen molar-refractivity contribution in [3.63, 3.8) is 0 Å². The van der Waals surface area contributed by atoms with Gasteiger partial charge in [-0.05, 0) is 77.6 Å². The topological polar surface area (TPSA) is 79.2 Å². The fraction of sp³-hybridized carbons (Fsp3) is 0.379. The maximum Gasteiger partial charge on any atom is 0.142 e. The van der Waals surface area contributed by atoms with Gasteiger partial charge in [0.15, 0.2) is 0 Å². The minimum absolute atomic E-state index is 0.0796. The van der Waals surface area contributed by atoms with E-state index in [0.29, 0.717) is 36.5 Å². The van der Waals surface area contributed by atoms with Crippen LogP contribution in [-0.2, 0) is 11.2 Å². The molecule has 2 aromatic carbocycles. The second-order valence-electron chi connectivity index (χ2n) is 10.0. The molecule has 0 fully saturated rings. The zero-order valence-corrected chi connectivity index (χ0v) is 20.6. The SMILES string of the molecule is CC(C)=CCCC1(C)OC2=C(CC1O)c1cc(CC=C(C)C)c(O)cc1Oc1cc(O)ccc12. The Bertz CT molecular complexity index is 1200. The number of ether oxygens (including phenoxy) is 2. The van der Waals surface area contributed by atoms with Gasteiger partial charge in [0.25, 0.3) is 0 Å². The van der Waals surface area contributed by atoms with Crippen LogP contribution in [0.1, 0.15) is 70.6 Å². The number of fused-ring (bicyclic) bond motifs is 4. The number of phenols is 2. The predicted molar refractivity (Wildman–Crippen MR) is 135 cm³/mol. The Morgan fingerprint density at radius 1 is 1.00 bits per heavy atom. The van der Waals surface area contributed by atoms with E-state index in [-0.39, 0.29) is 11.5 Å². The number of allylic oxidation sites excluding steroid dienone is 4. The number of aliphatic hydroxyl groups excluding tert-OH is 1. The van der Waals surface area contributed by atoms with Crippen LogP contribution in [0.4, 0.5) is 0 Å². The molecule has 2 heterocycles. The molecule has 0 aliphatic carbocycles. The summed E-state index contributed by atoms with van der Waals surface area (Å²) < 4.78 is 12.8. The van der Waals surface area contributed by atoms with Crippen LogP contribution in [0.15, 0.2) is 53.6 Å². The number of phenolic OH excluding ortho intramolecular Hbond substituents is 2. The molecule has 5 nitrogen and oxygen atoms in total. The summed E-state index contributed by atoms with van der Waals surface area (Å²) in [5, 5.41) is 32.0. The van der Waals surface area contributed by atoms with Crippen LogP contribution in [0.3, 0.4) is 0 Å². The number of rotatable bonds is 5. The lowest BCUT2D eigenvalue weighted by Crippen LogP contribution is -2.44. The maximum absolute atomic E-state index is 11.2. The minimum atomic E-state index is -0.772. The van der Waals surface area contributed by atoms with Gasteiger partial charge in [-0.15, -0.1) is 0 Å². The Morgan fingerprint density at radius 2 is 1.71 bits per heavy atom. The molecule has 2 atom stereocenters. The fourth-order valence-corrected chi connectivity index (χ4v) is 4.49. The van der Waals surface area contributed by atoms with Gasteiger partial charge in [0.1, 0.15) is 34.4 Å². The largest absolute Gasteiger partial charge is 0.508 e. The van der Waals surface area contributed by atoms with E-state index in [0.717, 1.165) is 34.3 Å². The monoisotopic (exact) mass is 462 g/mol. The Balaban J connectivity index is 1.86. The second kappa shape index (κ2) is 9.22. The molecule has 2 aromatic rings. The molecule has 0 spiro atoms. The van der Waals surface area contributed by atoms with Gasteiger partial charge in [0.05, 0.1) is 11.7 Å². The third kappa shape index (κ3) is 4.71. The number of benzene rings is 2. The van der Waals surface area contributed by atoms with Crippen molar-refractivity contribution in [2.24, 2.45) is 0 Å². The summed E-state index contributed by atoms with van der Waals surface area (Å²) in [6.45, 7) is 10.1. The van der Waals surface area contributed by atoms with Gasteiger partial charge in [0.2, 0.25) is 0 Å². The molecule has 34 heavy (non-hydrogen) atoms. The van der Waals surface area contributed by atoms with E-state index < -0.39 is 11.7 Å². The summed E-state index contributed by atoms with van der Waals surface area (Å²) in [5.74, 6) is 1.80. The van der Waals surface area contributed by atoms with Gasteiger partial charge >= 0.3 is 0 Å². The molecule has 0 radical (unpaired) electrons. The summed E-state index contributed by atoms with van der Waals surface area (Å²) >= 11 is 0. The van der Waals surface area contributed by atoms with Crippen LogP contribution in [0.5, 0.6) is 23.0 Å². The average molecular weight is 463 g/mol. The smallest absolute Gasteiger partial charge is 0.142 e. The Morgan fingerprint density at radius 3 is 2.41 bits per heavy atom. The van der Waals surface area contributed by atoms with E-state index in [4.69, 9.17) is 9.47 Å². The number of hydrogen-bond acceptors (Lipinski definition) is 5. The first kappa shape index (κ1) is 24.0. The summed E-state index contributed by atoms with van der Waals surface area (Å²) in [5.41, 5.74) is 4.74. The maximum atomic E-state index is 11.2. The second-order valence-corrected chi connectivity index (χ2v) is 10.0. The standard InChI is InChI=1S/C29H34O5/c1-17(2)7-6-12-29(5)27(32)15-23-22-13-19(9-8-18(3)4)24(31)16-26(22)33-25-14-20(30)10-11-21(25)28(23)34-29/h7-8,10-11,13-14,16,27,30-32H,6,9,12,15H2,1-5H3. The highest BCUT2D eigenvalue weighted by molar-refractivity contribution is 5.94. The number of hydrogen-bond donors (Lipinski definition) is 3. The molecule has 0 amide bonds. The zero-order chi connectivity index (χ0) is 24.6. The molecule has 0 bridgehead atoms. The van der Waals surface area contributed by atoms with Crippen molar-refractivity contribution in [3.8, 4) is 23.0 Å². The van der Waals surface area contributed by atoms with Crippen molar-refractivity contribution in [2.75, 3.05) is 0 Å². The van der Waals surface area contributed by atoms with Crippen molar-refractivity contribution in [1.29, 1.82) is 0 Å². The Labute approximate surface area is 201 Å². The first-order chi connectivity index (χ1) is 16.1. The molecule has 2 aliphatic heterocycles. The number of aromatic hydroxyl groups is 2. The quantitative estimate of drug-likeness (QED) is 0.423. The molecule has 5 heteroatoms. The number of aliphatic hydroxyl groups is 1. The van der Waals surface area contributed by atoms with Gasteiger partial charge < -0.3 is 24.8 Å². The minimum Gasteiger partial charge on any atom is -0.508 e. The zero-order valence-electron chi connectivity index (χ0n) is 20.6. The summed E-state index contributed by atoms with van der Waals surface area (Å²) in [4.78, 5) is 0. The van der Waals surface area contributed by atoms with E-state index in [2.05, 4.69) is 26.0 Å². The predicted octanol–water partition coefficient (Wildman–Crippen LogP) is 6.87. The molecule has 2 aliphatic rings. The average Bonchev–Trinajstić information content (AvgIpc) is 2.86. The van der Waals surface area contributed by atoms with Gasteiger partial charge in [-0.2, -0.15) is 0 Å². The van der Waals surface area contributed by atoms with Crippen LogP contribution >= 0.6 is 0 Å². The van der Waals surface area contributed by atoms with E-state index in [1.54, 1.807) is 24.3 Å². The molecule has 2 unspecified atom stereocenters. The summed E-state index contributed by atoms with van der Waals surface area (Å²) in [6, 6.07) is 8.48. The Hall–Kier alpha value is -3.18. The molecule has 0 saturated carbocycles.